The van der Waals surface area contributed by atoms with Crippen LogP contribution in [0.15, 0.2) is 53.6 Å². The molecule has 1 heterocycles. The zero-order chi connectivity index (χ0) is 23.4. The van der Waals surface area contributed by atoms with Gasteiger partial charge in [0.05, 0.1) is 16.3 Å². The third-order valence-electron chi connectivity index (χ3n) is 5.35. The highest BCUT2D eigenvalue weighted by Crippen LogP contribution is 2.39. The van der Waals surface area contributed by atoms with Gasteiger partial charge in [0.15, 0.2) is 0 Å². The van der Waals surface area contributed by atoms with Crippen LogP contribution in [0.25, 0.3) is 0 Å². The van der Waals surface area contributed by atoms with E-state index in [9.17, 15) is 18.0 Å². The molecule has 1 atom stereocenters. The van der Waals surface area contributed by atoms with Gasteiger partial charge in [-0.15, -0.1) is 0 Å². The lowest BCUT2D eigenvalue weighted by molar-refractivity contribution is -0.137. The van der Waals surface area contributed by atoms with E-state index in [1.54, 1.807) is 28.9 Å². The number of nitrogens with zero attached hydrogens (tertiary/aromatic N) is 2. The Labute approximate surface area is 195 Å². The number of anilines is 1. The first kappa shape index (κ1) is 24.5. The van der Waals surface area contributed by atoms with Crippen LogP contribution in [-0.4, -0.2) is 41.7 Å². The number of amides is 1. The van der Waals surface area contributed by atoms with Crippen molar-refractivity contribution in [2.75, 3.05) is 30.4 Å². The van der Waals surface area contributed by atoms with Crippen molar-refractivity contribution in [1.82, 2.24) is 5.01 Å². The minimum atomic E-state index is -4.52. The minimum Gasteiger partial charge on any atom is -0.324 e. The topological polar surface area (TPSA) is 44.7 Å². The first-order valence-corrected chi connectivity index (χ1v) is 11.9. The molecule has 0 saturated carbocycles. The molecule has 1 aliphatic heterocycles. The monoisotopic (exact) mass is 483 g/mol. The van der Waals surface area contributed by atoms with Crippen molar-refractivity contribution in [3.05, 3.63) is 64.7 Å². The number of hydrazone groups is 1. The lowest BCUT2D eigenvalue weighted by Gasteiger charge is -2.27. The summed E-state index contributed by atoms with van der Waals surface area (Å²) in [5, 5.41) is 8.81. The second-order valence-electron chi connectivity index (χ2n) is 8.03. The number of rotatable bonds is 8. The Hall–Kier alpha value is -2.19. The van der Waals surface area contributed by atoms with Crippen LogP contribution < -0.4 is 5.32 Å². The Kier molecular flexibility index (Phi) is 7.77. The molecular weight excluding hydrogens is 459 g/mol. The van der Waals surface area contributed by atoms with Gasteiger partial charge in [-0.25, -0.2) is 0 Å². The predicted molar refractivity (Wildman–Crippen MR) is 125 cm³/mol. The van der Waals surface area contributed by atoms with E-state index in [-0.39, 0.29) is 17.5 Å². The van der Waals surface area contributed by atoms with Gasteiger partial charge in [0.25, 0.3) is 0 Å². The highest BCUT2D eigenvalue weighted by Gasteiger charge is 2.40. The summed E-state index contributed by atoms with van der Waals surface area (Å²) in [7, 11) is 0. The standard InChI is InChI=1S/C23H25ClF3N3OS/c1-22(11-6-12-32-2)15-30(14-20(31)28-17-7-4-3-5-8-17)29-21(22)16-9-10-18(19(24)13-16)23(25,26)27/h3-5,7-10,13H,6,11-12,14-15H2,1-2H3,(H,28,31). The second kappa shape index (κ2) is 10.2. The molecule has 0 aliphatic carbocycles. The van der Waals surface area contributed by atoms with E-state index >= 15 is 0 Å². The molecule has 1 unspecified atom stereocenters. The molecule has 172 valence electrons. The molecule has 1 aliphatic rings. The van der Waals surface area contributed by atoms with Crippen LogP contribution >= 0.6 is 23.4 Å². The van der Waals surface area contributed by atoms with Gasteiger partial charge in [-0.1, -0.05) is 42.8 Å². The molecule has 0 saturated heterocycles. The maximum Gasteiger partial charge on any atom is 0.417 e. The van der Waals surface area contributed by atoms with Crippen LogP contribution in [0, 0.1) is 5.41 Å². The van der Waals surface area contributed by atoms with E-state index in [1.165, 1.54) is 12.1 Å². The van der Waals surface area contributed by atoms with Gasteiger partial charge in [-0.05, 0) is 54.7 Å². The summed E-state index contributed by atoms with van der Waals surface area (Å²) >= 11 is 7.70. The first-order valence-electron chi connectivity index (χ1n) is 10.2. The Morgan fingerprint density at radius 1 is 1.25 bits per heavy atom. The van der Waals surface area contributed by atoms with Gasteiger partial charge >= 0.3 is 6.18 Å². The maximum absolute atomic E-state index is 13.1. The van der Waals surface area contributed by atoms with Crippen molar-refractivity contribution in [3.63, 3.8) is 0 Å². The Bertz CT molecular complexity index is 984. The molecule has 0 aromatic heterocycles. The van der Waals surface area contributed by atoms with Crippen molar-refractivity contribution in [2.45, 2.75) is 25.9 Å². The number of para-hydroxylation sites is 1. The Morgan fingerprint density at radius 3 is 2.59 bits per heavy atom. The molecule has 1 N–H and O–H groups in total. The van der Waals surface area contributed by atoms with E-state index in [4.69, 9.17) is 11.6 Å². The summed E-state index contributed by atoms with van der Waals surface area (Å²) in [6, 6.07) is 12.9. The van der Waals surface area contributed by atoms with Crippen molar-refractivity contribution in [3.8, 4) is 0 Å². The summed E-state index contributed by atoms with van der Waals surface area (Å²) < 4.78 is 39.4. The molecule has 32 heavy (non-hydrogen) atoms. The van der Waals surface area contributed by atoms with Gasteiger partial charge < -0.3 is 5.32 Å². The van der Waals surface area contributed by atoms with E-state index < -0.39 is 17.2 Å². The number of hydrogen-bond acceptors (Lipinski definition) is 4. The fourth-order valence-corrected chi connectivity index (χ4v) is 4.58. The van der Waals surface area contributed by atoms with Gasteiger partial charge in [0.1, 0.15) is 6.54 Å². The summed E-state index contributed by atoms with van der Waals surface area (Å²) in [5.41, 5.74) is 0.608. The molecule has 2 aromatic carbocycles. The highest BCUT2D eigenvalue weighted by atomic mass is 35.5. The number of alkyl halides is 3. The van der Waals surface area contributed by atoms with Crippen LogP contribution in [0.4, 0.5) is 18.9 Å². The fraction of sp³-hybridized carbons (Fsp3) is 0.391. The second-order valence-corrected chi connectivity index (χ2v) is 9.43. The zero-order valence-electron chi connectivity index (χ0n) is 17.9. The van der Waals surface area contributed by atoms with Crippen LogP contribution in [0.2, 0.25) is 5.02 Å². The number of carbonyl (C=O) groups excluding carboxylic acids is 1. The van der Waals surface area contributed by atoms with Gasteiger partial charge in [-0.2, -0.15) is 30.0 Å². The van der Waals surface area contributed by atoms with E-state index in [2.05, 4.69) is 10.4 Å². The number of carbonyl (C=O) groups is 1. The Morgan fingerprint density at radius 2 is 1.97 bits per heavy atom. The molecule has 1 amide bonds. The molecule has 0 fully saturated rings. The van der Waals surface area contributed by atoms with Crippen molar-refractivity contribution < 1.29 is 18.0 Å². The van der Waals surface area contributed by atoms with Gasteiger partial charge in [-0.3, -0.25) is 9.80 Å². The van der Waals surface area contributed by atoms with Crippen LogP contribution in [0.1, 0.15) is 30.9 Å². The third kappa shape index (κ3) is 5.98. The van der Waals surface area contributed by atoms with Crippen LogP contribution in [0.3, 0.4) is 0 Å². The number of hydrogen-bond donors (Lipinski definition) is 1. The van der Waals surface area contributed by atoms with Crippen molar-refractivity contribution in [1.29, 1.82) is 0 Å². The normalized spacial score (nSPS) is 18.6. The summed E-state index contributed by atoms with van der Waals surface area (Å²) in [6.45, 7) is 2.58. The zero-order valence-corrected chi connectivity index (χ0v) is 19.4. The quantitative estimate of drug-likeness (QED) is 0.457. The van der Waals surface area contributed by atoms with E-state index in [1.807, 2.05) is 31.4 Å². The van der Waals surface area contributed by atoms with Crippen molar-refractivity contribution >= 4 is 40.7 Å². The number of halogens is 4. The summed E-state index contributed by atoms with van der Waals surface area (Å²) in [5.74, 6) is 0.753. The summed E-state index contributed by atoms with van der Waals surface area (Å²) in [6.07, 6.45) is -0.768. The molecular formula is C23H25ClF3N3OS. The average Bonchev–Trinajstić information content (AvgIpc) is 3.03. The smallest absolute Gasteiger partial charge is 0.324 e. The lowest BCUT2D eigenvalue weighted by atomic mass is 9.78. The molecule has 4 nitrogen and oxygen atoms in total. The number of benzene rings is 2. The van der Waals surface area contributed by atoms with Gasteiger partial charge in [0.2, 0.25) is 5.91 Å². The van der Waals surface area contributed by atoms with Crippen LogP contribution in [-0.2, 0) is 11.0 Å². The summed E-state index contributed by atoms with van der Waals surface area (Å²) in [4.78, 5) is 12.5. The largest absolute Gasteiger partial charge is 0.417 e. The predicted octanol–water partition coefficient (Wildman–Crippen LogP) is 6.17. The average molecular weight is 484 g/mol. The number of nitrogens with one attached hydrogen (secondary N) is 1. The SMILES string of the molecule is CSCCCC1(C)CN(CC(=O)Nc2ccccc2)N=C1c1ccc(C(F)(F)F)c(Cl)c1. The first-order chi connectivity index (χ1) is 15.1. The lowest BCUT2D eigenvalue weighted by Crippen LogP contribution is -2.34. The molecule has 9 heteroatoms. The van der Waals surface area contributed by atoms with Crippen molar-refractivity contribution in [2.24, 2.45) is 10.5 Å². The third-order valence-corrected chi connectivity index (χ3v) is 6.36. The van der Waals surface area contributed by atoms with E-state index in [0.717, 1.165) is 24.7 Å². The van der Waals surface area contributed by atoms with E-state index in [0.29, 0.717) is 23.5 Å². The molecule has 0 radical (unpaired) electrons. The molecule has 2 aromatic rings. The minimum absolute atomic E-state index is 0.0465. The molecule has 0 bridgehead atoms. The van der Waals surface area contributed by atoms with Crippen LogP contribution in [0.5, 0.6) is 0 Å². The highest BCUT2D eigenvalue weighted by molar-refractivity contribution is 7.98. The fourth-order valence-electron chi connectivity index (χ4n) is 3.86. The van der Waals surface area contributed by atoms with Gasteiger partial charge in [0, 0.05) is 17.6 Å². The maximum atomic E-state index is 13.1. The molecule has 0 spiro atoms. The Balaban J connectivity index is 1.84. The molecule has 3 rings (SSSR count). The number of thioether (sulfide) groups is 1.